The quantitative estimate of drug-likeness (QED) is 0.237. The molecule has 0 N–H and O–H groups in total. The number of hydrogen-bond acceptors (Lipinski definition) is 2. The van der Waals surface area contributed by atoms with Gasteiger partial charge in [-0.15, -0.1) is 0 Å². The maximum absolute atomic E-state index is 12.5. The van der Waals surface area contributed by atoms with Gasteiger partial charge in [-0.05, 0) is 0 Å². The Kier molecular flexibility index (Phi) is 4.01. The van der Waals surface area contributed by atoms with E-state index in [-0.39, 0.29) is 26.3 Å². The van der Waals surface area contributed by atoms with Gasteiger partial charge in [0.1, 0.15) is 0 Å². The summed E-state index contributed by atoms with van der Waals surface area (Å²) in [6, 6.07) is 15.2. The van der Waals surface area contributed by atoms with Gasteiger partial charge in [0.15, 0.2) is 0 Å². The van der Waals surface area contributed by atoms with Crippen LogP contribution in [0.2, 0.25) is 0 Å². The number of aromatic nitrogens is 1. The first kappa shape index (κ1) is 14.8. The van der Waals surface area contributed by atoms with Gasteiger partial charge >= 0.3 is 134 Å². The monoisotopic (exact) mass is 360 g/mol. The second-order valence-corrected chi connectivity index (χ2v) is 7.44. The Morgan fingerprint density at radius 1 is 1.18 bits per heavy atom. The van der Waals surface area contributed by atoms with E-state index in [0.29, 0.717) is 0 Å². The summed E-state index contributed by atoms with van der Waals surface area (Å²) in [6.45, 7) is 3.69. The molecule has 3 rings (SSSR count). The second-order valence-electron chi connectivity index (χ2n) is 5.36. The summed E-state index contributed by atoms with van der Waals surface area (Å²) >= 11 is -0.0541. The third kappa shape index (κ3) is 2.78. The van der Waals surface area contributed by atoms with Crippen molar-refractivity contribution in [2.45, 2.75) is 19.9 Å². The molecular weight excluding hydrogens is 343 g/mol. The molecule has 0 amide bonds. The molecule has 2 aromatic carbocycles. The van der Waals surface area contributed by atoms with Crippen LogP contribution in [-0.2, 0) is 0 Å². The predicted molar refractivity (Wildman–Crippen MR) is 90.4 cm³/mol. The second kappa shape index (κ2) is 5.95. The van der Waals surface area contributed by atoms with Crippen LogP contribution in [0.5, 0.6) is 0 Å². The van der Waals surface area contributed by atoms with Crippen LogP contribution in [0.15, 0.2) is 53.3 Å². The summed E-state index contributed by atoms with van der Waals surface area (Å²) in [6.07, 6.45) is 1.56. The van der Waals surface area contributed by atoms with Gasteiger partial charge in [0.2, 0.25) is 0 Å². The molecule has 22 heavy (non-hydrogen) atoms. The van der Waals surface area contributed by atoms with E-state index in [0.717, 1.165) is 25.6 Å². The average molecular weight is 359 g/mol. The van der Waals surface area contributed by atoms with Crippen molar-refractivity contribution in [3.8, 4) is 5.69 Å². The van der Waals surface area contributed by atoms with Crippen molar-refractivity contribution in [1.29, 1.82) is 0 Å². The zero-order chi connectivity index (χ0) is 15.7. The Labute approximate surface area is 134 Å². The molecule has 0 bridgehead atoms. The fourth-order valence-electron chi connectivity index (χ4n) is 2.17. The van der Waals surface area contributed by atoms with E-state index in [4.69, 9.17) is 0 Å². The van der Waals surface area contributed by atoms with Gasteiger partial charge in [0.25, 0.3) is 0 Å². The Balaban J connectivity index is 2.10. The van der Waals surface area contributed by atoms with Crippen LogP contribution in [-0.4, -0.2) is 35.3 Å². The molecule has 4 nitrogen and oxygen atoms in total. The van der Waals surface area contributed by atoms with Crippen LogP contribution >= 0.6 is 0 Å². The van der Waals surface area contributed by atoms with Crippen molar-refractivity contribution in [1.82, 2.24) is 3.56 Å². The van der Waals surface area contributed by atoms with Gasteiger partial charge in [-0.25, -0.2) is 0 Å². The molecule has 1 aromatic heterocycles. The normalized spacial score (nSPS) is 12.2. The van der Waals surface area contributed by atoms with Gasteiger partial charge in [-0.1, -0.05) is 0 Å². The van der Waals surface area contributed by atoms with Gasteiger partial charge in [0.05, 0.1) is 0 Å². The zero-order valence-electron chi connectivity index (χ0n) is 12.4. The van der Waals surface area contributed by atoms with E-state index in [1.54, 1.807) is 9.78 Å². The van der Waals surface area contributed by atoms with E-state index >= 15 is 0 Å². The van der Waals surface area contributed by atoms with Crippen LogP contribution in [0.25, 0.3) is 15.3 Å². The fourth-order valence-corrected chi connectivity index (χ4v) is 4.25. The molecule has 0 unspecified atom stereocenters. The van der Waals surface area contributed by atoms with Gasteiger partial charge in [-0.2, -0.15) is 0 Å². The van der Waals surface area contributed by atoms with Crippen molar-refractivity contribution in [2.75, 3.05) is 0 Å². The predicted octanol–water partition coefficient (Wildman–Crippen LogP) is 2.39. The van der Waals surface area contributed by atoms with Gasteiger partial charge in [0, 0.05) is 0 Å². The Morgan fingerprint density at radius 3 is 2.68 bits per heavy atom. The summed E-state index contributed by atoms with van der Waals surface area (Å²) in [4.78, 5) is 12.5. The third-order valence-corrected chi connectivity index (χ3v) is 5.71. The molecule has 0 aliphatic rings. The molecule has 3 aromatic rings. The Bertz CT molecular complexity index is 906. The van der Waals surface area contributed by atoms with Crippen molar-refractivity contribution >= 4 is 30.6 Å². The molecule has 0 spiro atoms. The molecule has 0 aliphatic heterocycles. The van der Waals surface area contributed by atoms with Crippen LogP contribution in [0.1, 0.15) is 19.4 Å². The molecule has 0 radical (unpaired) electrons. The molecule has 5 heteroatoms. The first-order chi connectivity index (χ1) is 10.6. The summed E-state index contributed by atoms with van der Waals surface area (Å²) < 4.78 is 3.83. The van der Waals surface area contributed by atoms with Crippen LogP contribution in [0.3, 0.4) is 0 Å². The topological polar surface area (TPSA) is 48.1 Å². The van der Waals surface area contributed by atoms with E-state index in [9.17, 15) is 10.0 Å². The Hall–Kier alpha value is -2.10. The molecule has 0 aliphatic carbocycles. The first-order valence-electron chi connectivity index (χ1n) is 7.08. The van der Waals surface area contributed by atoms with Crippen LogP contribution in [0.4, 0.5) is 0 Å². The van der Waals surface area contributed by atoms with Crippen molar-refractivity contribution < 1.29 is 4.74 Å². The summed E-state index contributed by atoms with van der Waals surface area (Å²) in [7, 11) is 0. The zero-order valence-corrected chi connectivity index (χ0v) is 14.1. The number of benzene rings is 2. The standard InChI is InChI=1S/C17H16N2O2Se/c1-12(2)18(21)11-13-6-5-7-14(10-13)19-17(20)15-8-3-4-9-16(15)22-19/h3-12H,1-2H3. The third-order valence-electron chi connectivity index (χ3n) is 3.38. The summed E-state index contributed by atoms with van der Waals surface area (Å²) in [5.41, 5.74) is 1.68. The average Bonchev–Trinajstić information content (AvgIpc) is 2.85. The van der Waals surface area contributed by atoms with E-state index in [1.807, 2.05) is 62.4 Å². The number of nitrogens with zero attached hydrogens (tertiary/aromatic N) is 2. The SMILES string of the molecule is CC(C)[N+]([O-])=Cc1cccc(-n2[se]c3ccccc3c2=O)c1. The van der Waals surface area contributed by atoms with E-state index in [1.165, 1.54) is 0 Å². The van der Waals surface area contributed by atoms with Crippen LogP contribution in [0, 0.1) is 5.21 Å². The first-order valence-corrected chi connectivity index (χ1v) is 8.70. The van der Waals surface area contributed by atoms with Crippen molar-refractivity contribution in [3.05, 3.63) is 69.7 Å². The summed E-state index contributed by atoms with van der Waals surface area (Å²) in [5.74, 6) is 0. The van der Waals surface area contributed by atoms with E-state index < -0.39 is 0 Å². The summed E-state index contributed by atoms with van der Waals surface area (Å²) in [5, 5.41) is 12.6. The molecule has 112 valence electrons. The number of rotatable bonds is 3. The minimum atomic E-state index is -0.106. The molecule has 0 atom stereocenters. The molecule has 0 saturated carbocycles. The number of fused-ring (bicyclic) bond motifs is 1. The number of hydrogen-bond donors (Lipinski definition) is 0. The number of hydroxylamine groups is 1. The van der Waals surface area contributed by atoms with Crippen molar-refractivity contribution in [3.63, 3.8) is 0 Å². The van der Waals surface area contributed by atoms with Crippen LogP contribution < -0.4 is 5.56 Å². The molecule has 0 fully saturated rings. The maximum atomic E-state index is 12.5. The Morgan fingerprint density at radius 2 is 1.95 bits per heavy atom. The van der Waals surface area contributed by atoms with Gasteiger partial charge < -0.3 is 0 Å². The van der Waals surface area contributed by atoms with Crippen molar-refractivity contribution in [2.24, 2.45) is 0 Å². The molecule has 1 heterocycles. The minimum absolute atomic E-state index is 0.0376. The molecular formula is C17H16N2O2Se. The van der Waals surface area contributed by atoms with Gasteiger partial charge in [-0.3, -0.25) is 0 Å². The fraction of sp³-hybridized carbons (Fsp3) is 0.176. The van der Waals surface area contributed by atoms with E-state index in [2.05, 4.69) is 0 Å². The molecule has 0 saturated heterocycles.